The minimum Gasteiger partial charge on any atom is -0.497 e. The summed E-state index contributed by atoms with van der Waals surface area (Å²) in [5, 5.41) is 13.0. The number of rotatable bonds is 5. The first kappa shape index (κ1) is 17.4. The van der Waals surface area contributed by atoms with Gasteiger partial charge in [-0.25, -0.2) is 4.98 Å². The van der Waals surface area contributed by atoms with Crippen molar-refractivity contribution in [3.05, 3.63) is 76.9 Å². The summed E-state index contributed by atoms with van der Waals surface area (Å²) in [6.45, 7) is 4.08. The number of hydrogen-bond acceptors (Lipinski definition) is 4. The van der Waals surface area contributed by atoms with Gasteiger partial charge in [0.25, 0.3) is 0 Å². The first-order chi connectivity index (χ1) is 13.1. The summed E-state index contributed by atoms with van der Waals surface area (Å²) in [6, 6.07) is 9.89. The van der Waals surface area contributed by atoms with Crippen molar-refractivity contribution in [2.24, 2.45) is 0 Å². The zero-order chi connectivity index (χ0) is 19.0. The molecule has 1 aromatic carbocycles. The van der Waals surface area contributed by atoms with Crippen LogP contribution in [0, 0.1) is 13.8 Å². The molecule has 1 aliphatic rings. The van der Waals surface area contributed by atoms with Gasteiger partial charge < -0.3 is 15.2 Å². The summed E-state index contributed by atoms with van der Waals surface area (Å²) in [5.41, 5.74) is 8.27. The number of benzene rings is 1. The zero-order valence-electron chi connectivity index (χ0n) is 15.8. The summed E-state index contributed by atoms with van der Waals surface area (Å²) in [7, 11) is 1.67. The van der Waals surface area contributed by atoms with Gasteiger partial charge in [0.1, 0.15) is 11.4 Å². The van der Waals surface area contributed by atoms with Crippen molar-refractivity contribution in [2.45, 2.75) is 26.9 Å². The Balaban J connectivity index is 1.66. The maximum absolute atomic E-state index is 9.55. The lowest BCUT2D eigenvalue weighted by Crippen LogP contribution is -1.98. The molecular formula is C22H23N3O2. The van der Waals surface area contributed by atoms with Crippen LogP contribution in [0.3, 0.4) is 0 Å². The van der Waals surface area contributed by atoms with Crippen LogP contribution in [-0.2, 0) is 6.61 Å². The summed E-state index contributed by atoms with van der Waals surface area (Å²) >= 11 is 0. The standard InChI is InChI=1S/C22H23N3O2/c1-14-10-16(13-26)12-25-21(15(2)23-22(14)25)17-4-5-19(11-17)24-18-6-8-20(27-3)9-7-18/h4,6-12,24,26H,5,13H2,1-3H3. The Bertz CT molecular complexity index is 1060. The second kappa shape index (κ2) is 6.93. The monoisotopic (exact) mass is 361 g/mol. The summed E-state index contributed by atoms with van der Waals surface area (Å²) in [4.78, 5) is 4.74. The molecule has 2 N–H and O–H groups in total. The van der Waals surface area contributed by atoms with Gasteiger partial charge in [0.15, 0.2) is 0 Å². The highest BCUT2D eigenvalue weighted by molar-refractivity contribution is 5.80. The van der Waals surface area contributed by atoms with Crippen LogP contribution in [0.4, 0.5) is 5.69 Å². The van der Waals surface area contributed by atoms with E-state index in [0.29, 0.717) is 0 Å². The van der Waals surface area contributed by atoms with Crippen molar-refractivity contribution in [1.82, 2.24) is 9.38 Å². The predicted molar refractivity (Wildman–Crippen MR) is 108 cm³/mol. The quantitative estimate of drug-likeness (QED) is 0.714. The number of fused-ring (bicyclic) bond motifs is 1. The number of aryl methyl sites for hydroxylation is 2. The smallest absolute Gasteiger partial charge is 0.140 e. The number of aliphatic hydroxyl groups excluding tert-OH is 1. The van der Waals surface area contributed by atoms with Crippen LogP contribution in [0.2, 0.25) is 0 Å². The maximum Gasteiger partial charge on any atom is 0.140 e. The van der Waals surface area contributed by atoms with Crippen LogP contribution in [0.25, 0.3) is 11.2 Å². The maximum atomic E-state index is 9.55. The molecule has 138 valence electrons. The minimum absolute atomic E-state index is 0.0204. The molecular weight excluding hydrogens is 338 g/mol. The number of nitrogens with one attached hydrogen (secondary N) is 1. The van der Waals surface area contributed by atoms with Gasteiger partial charge in [-0.1, -0.05) is 6.08 Å². The Labute approximate surface area is 158 Å². The van der Waals surface area contributed by atoms with Gasteiger partial charge >= 0.3 is 0 Å². The minimum atomic E-state index is 0.0204. The molecule has 0 bridgehead atoms. The highest BCUT2D eigenvalue weighted by Gasteiger charge is 2.17. The number of aliphatic hydroxyl groups is 1. The molecule has 0 saturated carbocycles. The molecule has 0 spiro atoms. The normalized spacial score (nSPS) is 13.6. The third-order valence-electron chi connectivity index (χ3n) is 4.86. The molecule has 27 heavy (non-hydrogen) atoms. The van der Waals surface area contributed by atoms with Crippen molar-refractivity contribution < 1.29 is 9.84 Å². The molecule has 0 aliphatic heterocycles. The topological polar surface area (TPSA) is 58.8 Å². The van der Waals surface area contributed by atoms with Crippen LogP contribution < -0.4 is 10.1 Å². The largest absolute Gasteiger partial charge is 0.497 e. The fraction of sp³-hybridized carbons (Fsp3) is 0.227. The van der Waals surface area contributed by atoms with Gasteiger partial charge in [0, 0.05) is 24.0 Å². The molecule has 4 rings (SSSR count). The molecule has 5 nitrogen and oxygen atoms in total. The number of ether oxygens (including phenoxy) is 1. The molecule has 0 unspecified atom stereocenters. The number of anilines is 1. The van der Waals surface area contributed by atoms with E-state index in [2.05, 4.69) is 21.9 Å². The zero-order valence-corrected chi connectivity index (χ0v) is 15.8. The van der Waals surface area contributed by atoms with E-state index in [0.717, 1.165) is 57.3 Å². The summed E-state index contributed by atoms with van der Waals surface area (Å²) in [6.07, 6.45) is 7.19. The number of allylic oxidation sites excluding steroid dienone is 3. The molecule has 0 saturated heterocycles. The lowest BCUT2D eigenvalue weighted by molar-refractivity contribution is 0.281. The number of imidazole rings is 1. The summed E-state index contributed by atoms with van der Waals surface area (Å²) in [5.74, 6) is 0.844. The first-order valence-electron chi connectivity index (χ1n) is 9.00. The van der Waals surface area contributed by atoms with E-state index in [-0.39, 0.29) is 6.61 Å². The molecule has 0 radical (unpaired) electrons. The molecule has 5 heteroatoms. The lowest BCUT2D eigenvalue weighted by atomic mass is 10.1. The van der Waals surface area contributed by atoms with Crippen LogP contribution in [0.1, 0.15) is 28.9 Å². The SMILES string of the molecule is COc1ccc(NC2=CC(c3c(C)nc4c(C)cc(CO)cn34)=CC2)cc1. The van der Waals surface area contributed by atoms with Crippen LogP contribution >= 0.6 is 0 Å². The van der Waals surface area contributed by atoms with Crippen molar-refractivity contribution in [3.63, 3.8) is 0 Å². The van der Waals surface area contributed by atoms with Crippen molar-refractivity contribution in [3.8, 4) is 5.75 Å². The first-order valence-corrected chi connectivity index (χ1v) is 9.00. The fourth-order valence-electron chi connectivity index (χ4n) is 3.57. The number of aromatic nitrogens is 2. The summed E-state index contributed by atoms with van der Waals surface area (Å²) < 4.78 is 7.30. The van der Waals surface area contributed by atoms with E-state index >= 15 is 0 Å². The van der Waals surface area contributed by atoms with Gasteiger partial charge in [0.2, 0.25) is 0 Å². The van der Waals surface area contributed by atoms with E-state index < -0.39 is 0 Å². The molecule has 0 atom stereocenters. The van der Waals surface area contributed by atoms with Crippen LogP contribution in [-0.4, -0.2) is 21.6 Å². The third-order valence-corrected chi connectivity index (χ3v) is 4.86. The number of hydrogen-bond donors (Lipinski definition) is 2. The van der Waals surface area contributed by atoms with Gasteiger partial charge in [-0.15, -0.1) is 0 Å². The Morgan fingerprint density at radius 2 is 2.00 bits per heavy atom. The second-order valence-electron chi connectivity index (χ2n) is 6.82. The molecule has 3 aromatic rings. The van der Waals surface area contributed by atoms with E-state index in [1.54, 1.807) is 7.11 Å². The number of pyridine rings is 1. The van der Waals surface area contributed by atoms with Crippen molar-refractivity contribution >= 4 is 16.9 Å². The van der Waals surface area contributed by atoms with Gasteiger partial charge in [-0.3, -0.25) is 4.40 Å². The van der Waals surface area contributed by atoms with Crippen LogP contribution in [0.5, 0.6) is 5.75 Å². The van der Waals surface area contributed by atoms with Gasteiger partial charge in [0.05, 0.1) is 25.1 Å². The lowest BCUT2D eigenvalue weighted by Gasteiger charge is -2.08. The van der Waals surface area contributed by atoms with E-state index in [9.17, 15) is 5.11 Å². The second-order valence-corrected chi connectivity index (χ2v) is 6.82. The Kier molecular flexibility index (Phi) is 4.46. The molecule has 1 aliphatic carbocycles. The Hall–Kier alpha value is -3.05. The molecule has 2 heterocycles. The third kappa shape index (κ3) is 3.22. The average Bonchev–Trinajstić information content (AvgIpc) is 3.25. The average molecular weight is 361 g/mol. The van der Waals surface area contributed by atoms with Gasteiger partial charge in [-0.05, 0) is 67.0 Å². The predicted octanol–water partition coefficient (Wildman–Crippen LogP) is 4.24. The molecule has 0 amide bonds. The van der Waals surface area contributed by atoms with Crippen LogP contribution in [0.15, 0.2) is 54.4 Å². The van der Waals surface area contributed by atoms with E-state index in [1.807, 2.05) is 50.4 Å². The van der Waals surface area contributed by atoms with E-state index in [1.165, 1.54) is 0 Å². The highest BCUT2D eigenvalue weighted by Crippen LogP contribution is 2.31. The van der Waals surface area contributed by atoms with Crippen molar-refractivity contribution in [1.29, 1.82) is 0 Å². The molecule has 2 aromatic heterocycles. The molecule has 0 fully saturated rings. The highest BCUT2D eigenvalue weighted by atomic mass is 16.5. The van der Waals surface area contributed by atoms with Gasteiger partial charge in [-0.2, -0.15) is 0 Å². The number of nitrogens with zero attached hydrogens (tertiary/aromatic N) is 2. The van der Waals surface area contributed by atoms with Crippen molar-refractivity contribution in [2.75, 3.05) is 12.4 Å². The Morgan fingerprint density at radius 3 is 2.70 bits per heavy atom. The number of methoxy groups -OCH3 is 1. The van der Waals surface area contributed by atoms with E-state index in [4.69, 9.17) is 9.72 Å². The fourth-order valence-corrected chi connectivity index (χ4v) is 3.57. The Morgan fingerprint density at radius 1 is 1.22 bits per heavy atom.